The summed E-state index contributed by atoms with van der Waals surface area (Å²) in [4.78, 5) is 18.9. The SMILES string of the molecule is Cc1ccc(S(=O)(=O)N[C@H](Cc2c[nH]c3ccccc23)C(=O)N2CC[C@]3(O)CCCC[C@@H]3C2)cc1. The van der Waals surface area contributed by atoms with Crippen LogP contribution in [0.4, 0.5) is 0 Å². The molecule has 7 nitrogen and oxygen atoms in total. The Labute approximate surface area is 206 Å². The van der Waals surface area contributed by atoms with Crippen LogP contribution >= 0.6 is 0 Å². The topological polar surface area (TPSA) is 102 Å². The first-order valence-corrected chi connectivity index (χ1v) is 13.9. The lowest BCUT2D eigenvalue weighted by Gasteiger charge is -2.48. The number of aryl methyl sites for hydroxylation is 1. The third kappa shape index (κ3) is 4.87. The number of piperidine rings is 1. The smallest absolute Gasteiger partial charge is 0.241 e. The summed E-state index contributed by atoms with van der Waals surface area (Å²) >= 11 is 0. The quantitative estimate of drug-likeness (QED) is 0.487. The van der Waals surface area contributed by atoms with Gasteiger partial charge in [-0.25, -0.2) is 8.42 Å². The summed E-state index contributed by atoms with van der Waals surface area (Å²) in [5, 5.41) is 12.0. The Bertz CT molecular complexity index is 1320. The lowest BCUT2D eigenvalue weighted by atomic mass is 9.71. The third-order valence-electron chi connectivity index (χ3n) is 7.77. The van der Waals surface area contributed by atoms with Gasteiger partial charge in [0.15, 0.2) is 0 Å². The van der Waals surface area contributed by atoms with Crippen LogP contribution in [0.25, 0.3) is 10.9 Å². The van der Waals surface area contributed by atoms with Crippen molar-refractivity contribution in [1.29, 1.82) is 0 Å². The summed E-state index contributed by atoms with van der Waals surface area (Å²) in [6.07, 6.45) is 6.35. The summed E-state index contributed by atoms with van der Waals surface area (Å²) in [5.74, 6) is -0.199. The number of aromatic nitrogens is 1. The van der Waals surface area contributed by atoms with Crippen LogP contribution in [0, 0.1) is 12.8 Å². The van der Waals surface area contributed by atoms with Gasteiger partial charge in [0, 0.05) is 36.1 Å². The minimum absolute atomic E-state index is 0.0383. The van der Waals surface area contributed by atoms with Gasteiger partial charge in [-0.1, -0.05) is 48.7 Å². The number of carbonyl (C=O) groups excluding carboxylic acids is 1. The zero-order chi connectivity index (χ0) is 24.6. The number of benzene rings is 2. The van der Waals surface area contributed by atoms with Crippen LogP contribution in [0.15, 0.2) is 59.6 Å². The molecule has 3 aromatic rings. The van der Waals surface area contributed by atoms with Crippen molar-refractivity contribution in [3.8, 4) is 0 Å². The molecule has 0 spiro atoms. The van der Waals surface area contributed by atoms with Crippen LogP contribution in [-0.4, -0.2) is 54.0 Å². The Hall–Kier alpha value is -2.68. The molecule has 1 amide bonds. The molecule has 2 heterocycles. The van der Waals surface area contributed by atoms with Crippen LogP contribution in [0.2, 0.25) is 0 Å². The predicted molar refractivity (Wildman–Crippen MR) is 135 cm³/mol. The molecule has 8 heteroatoms. The summed E-state index contributed by atoms with van der Waals surface area (Å²) in [6.45, 7) is 2.80. The van der Waals surface area contributed by atoms with E-state index in [1.807, 2.05) is 37.4 Å². The minimum atomic E-state index is -3.91. The van der Waals surface area contributed by atoms with E-state index in [1.165, 1.54) is 0 Å². The first-order valence-electron chi connectivity index (χ1n) is 12.4. The molecule has 0 unspecified atom stereocenters. The van der Waals surface area contributed by atoms with Crippen LogP contribution in [0.1, 0.15) is 43.2 Å². The molecule has 35 heavy (non-hydrogen) atoms. The molecule has 1 aliphatic carbocycles. The van der Waals surface area contributed by atoms with Crippen molar-refractivity contribution in [2.75, 3.05) is 13.1 Å². The summed E-state index contributed by atoms with van der Waals surface area (Å²) < 4.78 is 29.3. The number of sulfonamides is 1. The first kappa shape index (κ1) is 24.0. The van der Waals surface area contributed by atoms with E-state index in [0.29, 0.717) is 19.5 Å². The van der Waals surface area contributed by atoms with Gasteiger partial charge in [0.1, 0.15) is 6.04 Å². The number of likely N-dealkylation sites (tertiary alicyclic amines) is 1. The van der Waals surface area contributed by atoms with Crippen molar-refractivity contribution in [3.05, 3.63) is 65.9 Å². The molecule has 1 aliphatic heterocycles. The number of carbonyl (C=O) groups is 1. The number of hydrogen-bond donors (Lipinski definition) is 3. The standard InChI is InChI=1S/C27H33N3O4S/c1-19-9-11-22(12-10-19)35(33,34)29-25(16-20-17-28-24-8-3-2-7-23(20)24)26(31)30-15-14-27(32)13-5-4-6-21(27)18-30/h2-3,7-12,17,21,25,28-29,32H,4-6,13-16,18H2,1H3/t21-,25-,27-/m1/s1. The van der Waals surface area contributed by atoms with Gasteiger partial charge >= 0.3 is 0 Å². The molecule has 2 aromatic carbocycles. The van der Waals surface area contributed by atoms with Crippen LogP contribution < -0.4 is 4.72 Å². The van der Waals surface area contributed by atoms with E-state index in [1.54, 1.807) is 29.2 Å². The number of aromatic amines is 1. The van der Waals surface area contributed by atoms with Crippen LogP contribution in [0.3, 0.4) is 0 Å². The number of para-hydroxylation sites is 1. The lowest BCUT2D eigenvalue weighted by molar-refractivity contribution is -0.145. The number of H-pyrrole nitrogens is 1. The number of fused-ring (bicyclic) bond motifs is 2. The Balaban J connectivity index is 1.43. The second kappa shape index (κ2) is 9.41. The molecule has 3 N–H and O–H groups in total. The number of rotatable bonds is 6. The monoisotopic (exact) mass is 495 g/mol. The second-order valence-corrected chi connectivity index (χ2v) is 11.8. The lowest BCUT2D eigenvalue weighted by Crippen LogP contribution is -2.58. The number of nitrogens with zero attached hydrogens (tertiary/aromatic N) is 1. The Morgan fingerprint density at radius 2 is 1.94 bits per heavy atom. The zero-order valence-electron chi connectivity index (χ0n) is 20.0. The van der Waals surface area contributed by atoms with E-state index in [-0.39, 0.29) is 23.1 Å². The van der Waals surface area contributed by atoms with Gasteiger partial charge in [0.25, 0.3) is 0 Å². The van der Waals surface area contributed by atoms with Crippen molar-refractivity contribution in [1.82, 2.24) is 14.6 Å². The van der Waals surface area contributed by atoms with Crippen molar-refractivity contribution in [3.63, 3.8) is 0 Å². The first-order chi connectivity index (χ1) is 16.7. The maximum Gasteiger partial charge on any atom is 0.241 e. The molecule has 186 valence electrons. The molecule has 1 saturated carbocycles. The molecule has 0 radical (unpaired) electrons. The average Bonchev–Trinajstić information content (AvgIpc) is 3.25. The van der Waals surface area contributed by atoms with E-state index in [9.17, 15) is 18.3 Å². The van der Waals surface area contributed by atoms with Crippen molar-refractivity contribution in [2.45, 2.75) is 62.0 Å². The molecule has 1 aromatic heterocycles. The predicted octanol–water partition coefficient (Wildman–Crippen LogP) is 3.52. The van der Waals surface area contributed by atoms with Crippen molar-refractivity contribution in [2.24, 2.45) is 5.92 Å². The molecule has 0 bridgehead atoms. The number of nitrogens with one attached hydrogen (secondary N) is 2. The Morgan fingerprint density at radius 3 is 2.74 bits per heavy atom. The fourth-order valence-corrected chi connectivity index (χ4v) is 6.85. The van der Waals surface area contributed by atoms with Gasteiger partial charge in [0.2, 0.25) is 15.9 Å². The van der Waals surface area contributed by atoms with E-state index in [4.69, 9.17) is 0 Å². The van der Waals surface area contributed by atoms with Gasteiger partial charge in [-0.3, -0.25) is 4.79 Å². The molecule has 2 aliphatic rings. The molecule has 1 saturated heterocycles. The minimum Gasteiger partial charge on any atom is -0.389 e. The van der Waals surface area contributed by atoms with E-state index >= 15 is 0 Å². The molecule has 3 atom stereocenters. The van der Waals surface area contributed by atoms with E-state index < -0.39 is 21.7 Å². The highest BCUT2D eigenvalue weighted by Gasteiger charge is 2.45. The number of amides is 1. The van der Waals surface area contributed by atoms with Gasteiger partial charge in [0.05, 0.1) is 10.5 Å². The highest BCUT2D eigenvalue weighted by molar-refractivity contribution is 7.89. The van der Waals surface area contributed by atoms with Crippen LogP contribution in [0.5, 0.6) is 0 Å². The van der Waals surface area contributed by atoms with E-state index in [0.717, 1.165) is 47.7 Å². The Kier molecular flexibility index (Phi) is 6.46. The normalized spacial score (nSPS) is 23.7. The number of aliphatic hydroxyl groups is 1. The number of hydrogen-bond acceptors (Lipinski definition) is 4. The summed E-state index contributed by atoms with van der Waals surface area (Å²) in [5.41, 5.74) is 2.09. The molecule has 2 fully saturated rings. The van der Waals surface area contributed by atoms with Crippen LogP contribution in [-0.2, 0) is 21.2 Å². The zero-order valence-corrected chi connectivity index (χ0v) is 20.9. The fraction of sp³-hybridized carbons (Fsp3) is 0.444. The largest absolute Gasteiger partial charge is 0.389 e. The average molecular weight is 496 g/mol. The third-order valence-corrected chi connectivity index (χ3v) is 9.25. The van der Waals surface area contributed by atoms with Gasteiger partial charge in [-0.05, 0) is 56.4 Å². The summed E-state index contributed by atoms with van der Waals surface area (Å²) in [7, 11) is -3.91. The second-order valence-electron chi connectivity index (χ2n) is 10.1. The van der Waals surface area contributed by atoms with E-state index in [2.05, 4.69) is 9.71 Å². The fourth-order valence-electron chi connectivity index (χ4n) is 5.66. The maximum absolute atomic E-state index is 13.8. The van der Waals surface area contributed by atoms with Gasteiger partial charge < -0.3 is 15.0 Å². The van der Waals surface area contributed by atoms with Crippen molar-refractivity contribution >= 4 is 26.8 Å². The van der Waals surface area contributed by atoms with Gasteiger partial charge in [-0.15, -0.1) is 0 Å². The summed E-state index contributed by atoms with van der Waals surface area (Å²) in [6, 6.07) is 13.5. The molecular formula is C27H33N3O4S. The molecule has 5 rings (SSSR count). The molecular weight excluding hydrogens is 462 g/mol. The highest BCUT2D eigenvalue weighted by Crippen LogP contribution is 2.40. The Morgan fingerprint density at radius 1 is 1.17 bits per heavy atom. The highest BCUT2D eigenvalue weighted by atomic mass is 32.2. The van der Waals surface area contributed by atoms with Gasteiger partial charge in [-0.2, -0.15) is 4.72 Å². The maximum atomic E-state index is 13.8. The van der Waals surface area contributed by atoms with Crippen molar-refractivity contribution < 1.29 is 18.3 Å².